The van der Waals surface area contributed by atoms with Crippen LogP contribution in [0.1, 0.15) is 16.1 Å². The van der Waals surface area contributed by atoms with Crippen molar-refractivity contribution in [1.29, 1.82) is 5.26 Å². The monoisotopic (exact) mass is 280 g/mol. The number of nitriles is 1. The Hall–Kier alpha value is -2.78. The Kier molecular flexibility index (Phi) is 3.11. The summed E-state index contributed by atoms with van der Waals surface area (Å²) in [5.74, 6) is -0.303. The minimum absolute atomic E-state index is 0.210. The van der Waals surface area contributed by atoms with E-state index in [9.17, 15) is 4.79 Å². The zero-order chi connectivity index (χ0) is 13.9. The van der Waals surface area contributed by atoms with Crippen LogP contribution in [0.25, 0.3) is 10.2 Å². The standard InChI is InChI=1S/C14H8N4OS/c15-8-10-7-9(5-6-16-10)13(19)18-14-17-11-3-1-2-4-12(11)20-14/h1-7H,(H,17,18,19). The largest absolute Gasteiger partial charge is 0.298 e. The van der Waals surface area contributed by atoms with Crippen molar-refractivity contribution >= 4 is 32.6 Å². The van der Waals surface area contributed by atoms with E-state index in [1.807, 2.05) is 30.3 Å². The minimum Gasteiger partial charge on any atom is -0.298 e. The fourth-order valence-electron chi connectivity index (χ4n) is 1.73. The first-order valence-corrected chi connectivity index (χ1v) is 6.61. The van der Waals surface area contributed by atoms with Crippen LogP contribution in [0.15, 0.2) is 42.6 Å². The van der Waals surface area contributed by atoms with Crippen molar-refractivity contribution in [2.45, 2.75) is 0 Å². The molecule has 0 saturated heterocycles. The third-order valence-corrected chi connectivity index (χ3v) is 3.60. The topological polar surface area (TPSA) is 78.7 Å². The molecule has 3 rings (SSSR count). The van der Waals surface area contributed by atoms with E-state index in [4.69, 9.17) is 5.26 Å². The van der Waals surface area contributed by atoms with Crippen LogP contribution < -0.4 is 5.32 Å². The van der Waals surface area contributed by atoms with Gasteiger partial charge in [0.1, 0.15) is 11.8 Å². The van der Waals surface area contributed by atoms with Gasteiger partial charge in [-0.05, 0) is 24.3 Å². The molecule has 1 amide bonds. The number of nitrogens with one attached hydrogen (secondary N) is 1. The van der Waals surface area contributed by atoms with Crippen molar-refractivity contribution in [3.05, 3.63) is 53.9 Å². The number of hydrogen-bond acceptors (Lipinski definition) is 5. The average Bonchev–Trinajstić information content (AvgIpc) is 2.89. The van der Waals surface area contributed by atoms with Gasteiger partial charge in [0.05, 0.1) is 10.2 Å². The van der Waals surface area contributed by atoms with Crippen LogP contribution in [0.2, 0.25) is 0 Å². The number of aromatic nitrogens is 2. The molecular formula is C14H8N4OS. The van der Waals surface area contributed by atoms with Gasteiger partial charge in [-0.2, -0.15) is 5.26 Å². The first-order chi connectivity index (χ1) is 9.76. The summed E-state index contributed by atoms with van der Waals surface area (Å²) in [6, 6.07) is 12.6. The molecule has 0 unspecified atom stereocenters. The second kappa shape index (κ2) is 5.07. The minimum atomic E-state index is -0.303. The van der Waals surface area contributed by atoms with Gasteiger partial charge in [0.25, 0.3) is 5.91 Å². The molecule has 20 heavy (non-hydrogen) atoms. The van der Waals surface area contributed by atoms with Crippen molar-refractivity contribution in [2.24, 2.45) is 0 Å². The number of para-hydroxylation sites is 1. The van der Waals surface area contributed by atoms with Gasteiger partial charge in [0, 0.05) is 11.8 Å². The number of hydrogen-bond donors (Lipinski definition) is 1. The molecule has 0 aliphatic rings. The van der Waals surface area contributed by atoms with Gasteiger partial charge < -0.3 is 0 Å². The van der Waals surface area contributed by atoms with Crippen LogP contribution in [0, 0.1) is 11.3 Å². The SMILES string of the molecule is N#Cc1cc(C(=O)Nc2nc3ccccc3s2)ccn1. The molecule has 2 heterocycles. The summed E-state index contributed by atoms with van der Waals surface area (Å²) in [6.07, 6.45) is 1.44. The number of thiazole rings is 1. The summed E-state index contributed by atoms with van der Waals surface area (Å²) in [7, 11) is 0. The van der Waals surface area contributed by atoms with Gasteiger partial charge in [-0.25, -0.2) is 9.97 Å². The maximum absolute atomic E-state index is 12.1. The van der Waals surface area contributed by atoms with Crippen molar-refractivity contribution in [3.63, 3.8) is 0 Å². The first-order valence-electron chi connectivity index (χ1n) is 5.79. The van der Waals surface area contributed by atoms with E-state index in [1.165, 1.54) is 23.6 Å². The van der Waals surface area contributed by atoms with Gasteiger partial charge in [0.15, 0.2) is 5.13 Å². The first kappa shape index (κ1) is 12.3. The Labute approximate surface area is 118 Å². The molecule has 2 aromatic heterocycles. The van der Waals surface area contributed by atoms with E-state index in [1.54, 1.807) is 6.07 Å². The van der Waals surface area contributed by atoms with Gasteiger partial charge in [-0.15, -0.1) is 0 Å². The molecule has 6 heteroatoms. The van der Waals surface area contributed by atoms with E-state index >= 15 is 0 Å². The predicted molar refractivity (Wildman–Crippen MR) is 76.5 cm³/mol. The molecule has 0 fully saturated rings. The highest BCUT2D eigenvalue weighted by atomic mass is 32.1. The maximum atomic E-state index is 12.1. The third-order valence-electron chi connectivity index (χ3n) is 2.65. The summed E-state index contributed by atoms with van der Waals surface area (Å²) < 4.78 is 1.01. The van der Waals surface area contributed by atoms with E-state index in [0.717, 1.165) is 10.2 Å². The lowest BCUT2D eigenvalue weighted by atomic mass is 10.2. The van der Waals surface area contributed by atoms with Crippen LogP contribution in [0.3, 0.4) is 0 Å². The van der Waals surface area contributed by atoms with Crippen molar-refractivity contribution in [1.82, 2.24) is 9.97 Å². The number of carbonyl (C=O) groups excluding carboxylic acids is 1. The number of rotatable bonds is 2. The van der Waals surface area contributed by atoms with Crippen LogP contribution in [-0.4, -0.2) is 15.9 Å². The van der Waals surface area contributed by atoms with Crippen LogP contribution in [0.5, 0.6) is 0 Å². The molecule has 0 atom stereocenters. The predicted octanol–water partition coefficient (Wildman–Crippen LogP) is 2.82. The average molecular weight is 280 g/mol. The zero-order valence-corrected chi connectivity index (χ0v) is 11.0. The van der Waals surface area contributed by atoms with E-state index < -0.39 is 0 Å². The van der Waals surface area contributed by atoms with Crippen molar-refractivity contribution < 1.29 is 4.79 Å². The smallest absolute Gasteiger partial charge is 0.257 e. The van der Waals surface area contributed by atoms with Gasteiger partial charge in [-0.1, -0.05) is 23.5 Å². The summed E-state index contributed by atoms with van der Waals surface area (Å²) in [5, 5.41) is 12.0. The number of fused-ring (bicyclic) bond motifs is 1. The lowest BCUT2D eigenvalue weighted by Gasteiger charge is -2.00. The number of nitrogens with zero attached hydrogens (tertiary/aromatic N) is 3. The lowest BCUT2D eigenvalue weighted by molar-refractivity contribution is 0.102. The zero-order valence-electron chi connectivity index (χ0n) is 10.2. The van der Waals surface area contributed by atoms with Gasteiger partial charge >= 0.3 is 0 Å². The molecule has 0 bridgehead atoms. The fraction of sp³-hybridized carbons (Fsp3) is 0. The normalized spacial score (nSPS) is 10.2. The fourth-order valence-corrected chi connectivity index (χ4v) is 2.59. The summed E-state index contributed by atoms with van der Waals surface area (Å²) in [6.45, 7) is 0. The van der Waals surface area contributed by atoms with Crippen LogP contribution >= 0.6 is 11.3 Å². The van der Waals surface area contributed by atoms with E-state index in [-0.39, 0.29) is 11.6 Å². The molecule has 1 aromatic carbocycles. The molecule has 0 saturated carbocycles. The molecule has 3 aromatic rings. The third kappa shape index (κ3) is 2.35. The summed E-state index contributed by atoms with van der Waals surface area (Å²) in [5.41, 5.74) is 1.44. The number of benzene rings is 1. The Morgan fingerprint density at radius 3 is 2.95 bits per heavy atom. The van der Waals surface area contributed by atoms with Gasteiger partial charge in [0.2, 0.25) is 0 Å². The summed E-state index contributed by atoms with van der Waals surface area (Å²) in [4.78, 5) is 20.2. The Morgan fingerprint density at radius 2 is 2.15 bits per heavy atom. The van der Waals surface area contributed by atoms with Crippen molar-refractivity contribution in [2.75, 3.05) is 5.32 Å². The molecule has 1 N–H and O–H groups in total. The molecule has 0 radical (unpaired) electrons. The quantitative estimate of drug-likeness (QED) is 0.782. The summed E-state index contributed by atoms with van der Waals surface area (Å²) >= 11 is 1.41. The Bertz CT molecular complexity index is 801. The maximum Gasteiger partial charge on any atom is 0.257 e. The van der Waals surface area contributed by atoms with Crippen LogP contribution in [-0.2, 0) is 0 Å². The molecule has 0 aliphatic heterocycles. The molecule has 0 spiro atoms. The Morgan fingerprint density at radius 1 is 1.30 bits per heavy atom. The number of amides is 1. The highest BCUT2D eigenvalue weighted by Gasteiger charge is 2.10. The second-order valence-electron chi connectivity index (χ2n) is 3.98. The highest BCUT2D eigenvalue weighted by molar-refractivity contribution is 7.22. The number of carbonyl (C=O) groups is 1. The lowest BCUT2D eigenvalue weighted by Crippen LogP contribution is -2.12. The molecule has 96 valence electrons. The van der Waals surface area contributed by atoms with Crippen molar-refractivity contribution in [3.8, 4) is 6.07 Å². The molecular weight excluding hydrogens is 272 g/mol. The highest BCUT2D eigenvalue weighted by Crippen LogP contribution is 2.25. The van der Waals surface area contributed by atoms with Gasteiger partial charge in [-0.3, -0.25) is 10.1 Å². The Balaban J connectivity index is 1.86. The second-order valence-corrected chi connectivity index (χ2v) is 5.01. The molecule has 0 aliphatic carbocycles. The number of pyridine rings is 1. The van der Waals surface area contributed by atoms with Crippen LogP contribution in [0.4, 0.5) is 5.13 Å². The molecule has 5 nitrogen and oxygen atoms in total. The number of anilines is 1. The van der Waals surface area contributed by atoms with E-state index in [0.29, 0.717) is 10.7 Å². The van der Waals surface area contributed by atoms with E-state index in [2.05, 4.69) is 15.3 Å².